The molecule has 1 N–H and O–H groups in total. The van der Waals surface area contributed by atoms with Gasteiger partial charge in [0, 0.05) is 37.4 Å². The normalized spacial score (nSPS) is 23.7. The highest BCUT2D eigenvalue weighted by Crippen LogP contribution is 2.48. The number of benzene rings is 1. The molecule has 2 fully saturated rings. The minimum Gasteiger partial charge on any atom is -0.497 e. The summed E-state index contributed by atoms with van der Waals surface area (Å²) in [5, 5.41) is 3.53. The van der Waals surface area contributed by atoms with E-state index in [0.29, 0.717) is 12.0 Å². The third-order valence-corrected chi connectivity index (χ3v) is 6.55. The Morgan fingerprint density at radius 1 is 1.31 bits per heavy atom. The zero-order valence-corrected chi connectivity index (χ0v) is 17.8. The smallest absolute Gasteiger partial charge is 0.194 e. The first-order valence-corrected chi connectivity index (χ1v) is 10.8. The second-order valence-corrected chi connectivity index (χ2v) is 8.47. The van der Waals surface area contributed by atoms with Gasteiger partial charge in [0.2, 0.25) is 0 Å². The van der Waals surface area contributed by atoms with Gasteiger partial charge in [-0.1, -0.05) is 19.1 Å². The van der Waals surface area contributed by atoms with Gasteiger partial charge in [-0.3, -0.25) is 4.99 Å². The lowest BCUT2D eigenvalue weighted by Gasteiger charge is -2.39. The van der Waals surface area contributed by atoms with Gasteiger partial charge in [0.25, 0.3) is 0 Å². The third kappa shape index (κ3) is 4.26. The predicted molar refractivity (Wildman–Crippen MR) is 117 cm³/mol. The number of guanidine groups is 1. The van der Waals surface area contributed by atoms with Crippen LogP contribution in [0.5, 0.6) is 5.75 Å². The number of rotatable bonds is 6. The lowest BCUT2D eigenvalue weighted by molar-refractivity contribution is 0.189. The summed E-state index contributed by atoms with van der Waals surface area (Å²) in [5.41, 5.74) is 1.57. The summed E-state index contributed by atoms with van der Waals surface area (Å²) in [7, 11) is 1.71. The maximum Gasteiger partial charge on any atom is 0.194 e. The van der Waals surface area contributed by atoms with Crippen LogP contribution in [0, 0.1) is 5.92 Å². The fraction of sp³-hybridized carbons (Fsp3) is 0.565. The fourth-order valence-corrected chi connectivity index (χ4v) is 4.38. The fourth-order valence-electron chi connectivity index (χ4n) is 4.38. The topological polar surface area (TPSA) is 54.7 Å². The van der Waals surface area contributed by atoms with Gasteiger partial charge < -0.3 is 19.5 Å². The van der Waals surface area contributed by atoms with Crippen LogP contribution in [0.15, 0.2) is 48.0 Å². The van der Waals surface area contributed by atoms with E-state index in [1.165, 1.54) is 18.4 Å². The van der Waals surface area contributed by atoms with Gasteiger partial charge in [0.15, 0.2) is 5.96 Å². The lowest BCUT2D eigenvalue weighted by Crippen LogP contribution is -2.49. The van der Waals surface area contributed by atoms with Crippen LogP contribution in [-0.4, -0.2) is 53.7 Å². The van der Waals surface area contributed by atoms with E-state index < -0.39 is 0 Å². The van der Waals surface area contributed by atoms with E-state index in [1.807, 2.05) is 12.5 Å². The molecule has 0 spiro atoms. The number of nitrogens with one attached hydrogen (secondary N) is 1. The first-order chi connectivity index (χ1) is 14.1. The van der Waals surface area contributed by atoms with E-state index in [4.69, 9.17) is 9.73 Å². The molecule has 0 amide bonds. The van der Waals surface area contributed by atoms with E-state index in [-0.39, 0.29) is 5.41 Å². The summed E-state index contributed by atoms with van der Waals surface area (Å²) < 4.78 is 7.56. The van der Waals surface area contributed by atoms with Crippen LogP contribution in [0.25, 0.3) is 0 Å². The maximum atomic E-state index is 5.31. The highest BCUT2D eigenvalue weighted by molar-refractivity contribution is 5.80. The number of hydrogen-bond donors (Lipinski definition) is 1. The molecule has 2 aromatic rings. The molecule has 2 aliphatic rings. The number of piperidine rings is 1. The highest BCUT2D eigenvalue weighted by Gasteiger charge is 2.44. The Labute approximate surface area is 174 Å². The SMILES string of the molecule is CCNC(=NCC1(c2ccc(OC)cc2)CC1)N1CCC(C)C(n2ccnc2)C1. The molecule has 2 atom stereocenters. The van der Waals surface area contributed by atoms with Gasteiger partial charge in [-0.25, -0.2) is 4.98 Å². The Hall–Kier alpha value is -2.50. The van der Waals surface area contributed by atoms with Crippen molar-refractivity contribution in [3.8, 4) is 5.75 Å². The summed E-state index contributed by atoms with van der Waals surface area (Å²) >= 11 is 0. The second-order valence-electron chi connectivity index (χ2n) is 8.47. The number of methoxy groups -OCH3 is 1. The van der Waals surface area contributed by atoms with Gasteiger partial charge in [-0.05, 0) is 49.8 Å². The first kappa shape index (κ1) is 19.8. The van der Waals surface area contributed by atoms with Crippen molar-refractivity contribution in [2.45, 2.75) is 44.6 Å². The van der Waals surface area contributed by atoms with Crippen molar-refractivity contribution in [2.24, 2.45) is 10.9 Å². The molecule has 1 aromatic heterocycles. The Balaban J connectivity index is 1.48. The maximum absolute atomic E-state index is 5.31. The van der Waals surface area contributed by atoms with Crippen molar-refractivity contribution in [3.63, 3.8) is 0 Å². The van der Waals surface area contributed by atoms with Gasteiger partial charge in [0.05, 0.1) is 26.0 Å². The molecule has 1 aliphatic carbocycles. The van der Waals surface area contributed by atoms with Crippen LogP contribution in [0.3, 0.4) is 0 Å². The number of aliphatic imine (C=N–C) groups is 1. The molecule has 6 nitrogen and oxygen atoms in total. The molecule has 1 saturated carbocycles. The first-order valence-electron chi connectivity index (χ1n) is 10.8. The van der Waals surface area contributed by atoms with Crippen molar-refractivity contribution in [2.75, 3.05) is 33.3 Å². The van der Waals surface area contributed by atoms with Gasteiger partial charge in [-0.15, -0.1) is 0 Å². The summed E-state index contributed by atoms with van der Waals surface area (Å²) in [6.45, 7) is 8.23. The molecule has 1 aliphatic heterocycles. The molecule has 6 heteroatoms. The van der Waals surface area contributed by atoms with E-state index in [9.17, 15) is 0 Å². The third-order valence-electron chi connectivity index (χ3n) is 6.55. The molecule has 29 heavy (non-hydrogen) atoms. The number of hydrogen-bond acceptors (Lipinski definition) is 3. The molecule has 4 rings (SSSR count). The van der Waals surface area contributed by atoms with Crippen molar-refractivity contribution in [3.05, 3.63) is 48.5 Å². The van der Waals surface area contributed by atoms with E-state index >= 15 is 0 Å². The Kier molecular flexibility index (Phi) is 5.79. The summed E-state index contributed by atoms with van der Waals surface area (Å²) in [4.78, 5) is 11.8. The Morgan fingerprint density at radius 2 is 2.10 bits per heavy atom. The Morgan fingerprint density at radius 3 is 2.72 bits per heavy atom. The largest absolute Gasteiger partial charge is 0.497 e. The average Bonchev–Trinajstić information content (AvgIpc) is 3.35. The van der Waals surface area contributed by atoms with Crippen molar-refractivity contribution < 1.29 is 4.74 Å². The summed E-state index contributed by atoms with van der Waals surface area (Å²) in [6.07, 6.45) is 9.47. The highest BCUT2D eigenvalue weighted by atomic mass is 16.5. The van der Waals surface area contributed by atoms with Crippen molar-refractivity contribution >= 4 is 5.96 Å². The molecule has 0 bridgehead atoms. The molecule has 156 valence electrons. The van der Waals surface area contributed by atoms with Crippen LogP contribution in [0.1, 0.15) is 44.7 Å². The van der Waals surface area contributed by atoms with Gasteiger partial charge >= 0.3 is 0 Å². The van der Waals surface area contributed by atoms with Crippen LogP contribution >= 0.6 is 0 Å². The average molecular weight is 396 g/mol. The second kappa shape index (κ2) is 8.47. The van der Waals surface area contributed by atoms with Gasteiger partial charge in [0.1, 0.15) is 5.75 Å². The quantitative estimate of drug-likeness (QED) is 0.601. The van der Waals surface area contributed by atoms with Crippen LogP contribution < -0.4 is 10.1 Å². The molecular formula is C23H33N5O. The molecule has 0 radical (unpaired) electrons. The number of ether oxygens (including phenoxy) is 1. The number of aromatic nitrogens is 2. The minimum absolute atomic E-state index is 0.194. The number of likely N-dealkylation sites (tertiary alicyclic amines) is 1. The molecule has 1 saturated heterocycles. The summed E-state index contributed by atoms with van der Waals surface area (Å²) in [6, 6.07) is 8.96. The summed E-state index contributed by atoms with van der Waals surface area (Å²) in [5.74, 6) is 2.59. The van der Waals surface area contributed by atoms with E-state index in [1.54, 1.807) is 7.11 Å². The lowest BCUT2D eigenvalue weighted by atomic mass is 9.93. The zero-order valence-electron chi connectivity index (χ0n) is 17.8. The standard InChI is InChI=1S/C23H33N5O/c1-4-25-22(27-13-9-18(2)21(15-27)28-14-12-24-17-28)26-16-23(10-11-23)19-5-7-20(29-3)8-6-19/h5-8,12,14,17-18,21H,4,9-11,13,15-16H2,1-3H3,(H,25,26). The molecule has 2 heterocycles. The molecular weight excluding hydrogens is 362 g/mol. The minimum atomic E-state index is 0.194. The Bertz CT molecular complexity index is 810. The van der Waals surface area contributed by atoms with Crippen LogP contribution in [0.2, 0.25) is 0 Å². The molecule has 1 aromatic carbocycles. The van der Waals surface area contributed by atoms with Crippen LogP contribution in [-0.2, 0) is 5.41 Å². The van der Waals surface area contributed by atoms with Crippen molar-refractivity contribution in [1.82, 2.24) is 19.8 Å². The number of nitrogens with zero attached hydrogens (tertiary/aromatic N) is 4. The number of imidazole rings is 1. The molecule has 2 unspecified atom stereocenters. The van der Waals surface area contributed by atoms with Crippen LogP contribution in [0.4, 0.5) is 0 Å². The van der Waals surface area contributed by atoms with E-state index in [0.717, 1.165) is 44.3 Å². The van der Waals surface area contributed by atoms with Gasteiger partial charge in [-0.2, -0.15) is 0 Å². The van der Waals surface area contributed by atoms with E-state index in [2.05, 4.69) is 64.1 Å². The zero-order chi connectivity index (χ0) is 20.3. The monoisotopic (exact) mass is 395 g/mol. The van der Waals surface area contributed by atoms with Crippen molar-refractivity contribution in [1.29, 1.82) is 0 Å². The predicted octanol–water partition coefficient (Wildman–Crippen LogP) is 3.47.